The summed E-state index contributed by atoms with van der Waals surface area (Å²) < 4.78 is 33.9. The number of amides is 2. The second-order valence-corrected chi connectivity index (χ2v) is 11.4. The van der Waals surface area contributed by atoms with Crippen LogP contribution < -0.4 is 14.4 Å². The van der Waals surface area contributed by atoms with E-state index >= 15 is 0 Å². The SMILES string of the molecule is CCNC(=O)C(CC)N(Cc1ccc(Cl)cc1)C(=O)CN(c1cccc(Cl)c1)S(=O)(=O)c1ccc(OC)cc1. The van der Waals surface area contributed by atoms with Crippen LogP contribution in [0, 0.1) is 0 Å². The molecule has 208 valence electrons. The van der Waals surface area contributed by atoms with Gasteiger partial charge < -0.3 is 15.0 Å². The van der Waals surface area contributed by atoms with Crippen molar-refractivity contribution in [2.24, 2.45) is 0 Å². The Morgan fingerprint density at radius 1 is 0.949 bits per heavy atom. The molecule has 3 aromatic rings. The molecule has 3 aromatic carbocycles. The van der Waals surface area contributed by atoms with E-state index < -0.39 is 28.5 Å². The van der Waals surface area contributed by atoms with Gasteiger partial charge in [0.15, 0.2) is 0 Å². The number of methoxy groups -OCH3 is 1. The van der Waals surface area contributed by atoms with Crippen LogP contribution in [0.5, 0.6) is 5.75 Å². The number of benzene rings is 3. The Morgan fingerprint density at radius 2 is 1.62 bits per heavy atom. The second-order valence-electron chi connectivity index (χ2n) is 8.63. The monoisotopic (exact) mass is 591 g/mol. The summed E-state index contributed by atoms with van der Waals surface area (Å²) in [5, 5.41) is 3.61. The first-order chi connectivity index (χ1) is 18.6. The van der Waals surface area contributed by atoms with Gasteiger partial charge in [0.25, 0.3) is 10.0 Å². The summed E-state index contributed by atoms with van der Waals surface area (Å²) in [5.74, 6) is -0.393. The Labute approximate surface area is 239 Å². The molecule has 1 unspecified atom stereocenters. The summed E-state index contributed by atoms with van der Waals surface area (Å²) in [5.41, 5.74) is 0.951. The van der Waals surface area contributed by atoms with E-state index in [4.69, 9.17) is 27.9 Å². The molecule has 0 aromatic heterocycles. The number of sulfonamides is 1. The molecule has 0 saturated carbocycles. The highest BCUT2D eigenvalue weighted by Crippen LogP contribution is 2.28. The maximum atomic E-state index is 13.9. The lowest BCUT2D eigenvalue weighted by molar-refractivity contribution is -0.140. The lowest BCUT2D eigenvalue weighted by Crippen LogP contribution is -2.52. The van der Waals surface area contributed by atoms with E-state index in [0.29, 0.717) is 28.8 Å². The molecule has 0 saturated heterocycles. The Hall–Kier alpha value is -3.27. The van der Waals surface area contributed by atoms with Gasteiger partial charge in [0.2, 0.25) is 11.8 Å². The number of ether oxygens (including phenoxy) is 1. The van der Waals surface area contributed by atoms with Gasteiger partial charge in [-0.15, -0.1) is 0 Å². The molecule has 0 aliphatic rings. The molecular formula is C28H31Cl2N3O5S. The first-order valence-corrected chi connectivity index (χ1v) is 14.5. The maximum Gasteiger partial charge on any atom is 0.264 e. The molecule has 8 nitrogen and oxygen atoms in total. The number of hydrogen-bond donors (Lipinski definition) is 1. The van der Waals surface area contributed by atoms with Gasteiger partial charge in [-0.3, -0.25) is 13.9 Å². The summed E-state index contributed by atoms with van der Waals surface area (Å²) in [6.07, 6.45) is 0.327. The molecule has 0 aliphatic heterocycles. The van der Waals surface area contributed by atoms with Crippen LogP contribution in [0.2, 0.25) is 10.0 Å². The lowest BCUT2D eigenvalue weighted by atomic mass is 10.1. The Balaban J connectivity index is 2.05. The van der Waals surface area contributed by atoms with Gasteiger partial charge in [0.1, 0.15) is 18.3 Å². The van der Waals surface area contributed by atoms with Crippen LogP contribution in [-0.4, -0.2) is 51.4 Å². The van der Waals surface area contributed by atoms with Gasteiger partial charge in [-0.2, -0.15) is 0 Å². The molecule has 0 bridgehead atoms. The molecule has 1 N–H and O–H groups in total. The first kappa shape index (κ1) is 30.3. The standard InChI is InChI=1S/C28H31Cl2N3O5S/c1-4-26(28(35)31-5-2)32(18-20-9-11-21(29)12-10-20)27(34)19-33(23-8-6-7-22(30)17-23)39(36,37)25-15-13-24(38-3)14-16-25/h6-17,26H,4-5,18-19H2,1-3H3,(H,31,35). The van der Waals surface area contributed by atoms with Crippen molar-refractivity contribution >= 4 is 50.7 Å². The van der Waals surface area contributed by atoms with E-state index in [9.17, 15) is 18.0 Å². The first-order valence-electron chi connectivity index (χ1n) is 12.3. The van der Waals surface area contributed by atoms with Gasteiger partial charge in [-0.05, 0) is 73.5 Å². The molecule has 2 amide bonds. The van der Waals surface area contributed by atoms with Crippen LogP contribution in [-0.2, 0) is 26.2 Å². The average Bonchev–Trinajstić information content (AvgIpc) is 2.92. The number of hydrogen-bond acceptors (Lipinski definition) is 5. The summed E-state index contributed by atoms with van der Waals surface area (Å²) in [6, 6.07) is 18.2. The van der Waals surface area contributed by atoms with Crippen LogP contribution in [0.3, 0.4) is 0 Å². The highest BCUT2D eigenvalue weighted by Gasteiger charge is 2.33. The van der Waals surface area contributed by atoms with Crippen LogP contribution in [0.4, 0.5) is 5.69 Å². The van der Waals surface area contributed by atoms with Crippen LogP contribution in [0.1, 0.15) is 25.8 Å². The van der Waals surface area contributed by atoms with E-state index in [-0.39, 0.29) is 23.0 Å². The summed E-state index contributed by atoms with van der Waals surface area (Å²) >= 11 is 12.2. The number of nitrogens with zero attached hydrogens (tertiary/aromatic N) is 2. The molecule has 3 rings (SSSR count). The molecule has 0 fully saturated rings. The Bertz CT molecular complexity index is 1380. The molecule has 0 spiro atoms. The second kappa shape index (κ2) is 13.7. The zero-order chi connectivity index (χ0) is 28.6. The maximum absolute atomic E-state index is 13.9. The number of rotatable bonds is 12. The third-order valence-electron chi connectivity index (χ3n) is 6.03. The predicted octanol–water partition coefficient (Wildman–Crippen LogP) is 5.14. The normalized spacial score (nSPS) is 11.9. The fourth-order valence-electron chi connectivity index (χ4n) is 4.03. The predicted molar refractivity (Wildman–Crippen MR) is 154 cm³/mol. The van der Waals surface area contributed by atoms with Crippen LogP contribution >= 0.6 is 23.2 Å². The fraction of sp³-hybridized carbons (Fsp3) is 0.286. The van der Waals surface area contributed by atoms with Crippen molar-refractivity contribution in [3.05, 3.63) is 88.4 Å². The number of halogens is 2. The van der Waals surface area contributed by atoms with Crippen molar-refractivity contribution in [1.82, 2.24) is 10.2 Å². The summed E-state index contributed by atoms with van der Waals surface area (Å²) in [6.45, 7) is 3.50. The van der Waals surface area contributed by atoms with Gasteiger partial charge in [-0.25, -0.2) is 8.42 Å². The fourth-order valence-corrected chi connectivity index (χ4v) is 5.75. The van der Waals surface area contributed by atoms with Crippen molar-refractivity contribution in [2.75, 3.05) is 24.5 Å². The summed E-state index contributed by atoms with van der Waals surface area (Å²) in [4.78, 5) is 28.3. The molecule has 0 aliphatic carbocycles. The smallest absolute Gasteiger partial charge is 0.264 e. The number of anilines is 1. The van der Waals surface area contributed by atoms with Gasteiger partial charge in [-0.1, -0.05) is 48.3 Å². The highest BCUT2D eigenvalue weighted by molar-refractivity contribution is 7.92. The van der Waals surface area contributed by atoms with Crippen LogP contribution in [0.25, 0.3) is 0 Å². The van der Waals surface area contributed by atoms with E-state index in [1.807, 2.05) is 0 Å². The van der Waals surface area contributed by atoms with Crippen molar-refractivity contribution in [3.63, 3.8) is 0 Å². The minimum atomic E-state index is -4.21. The highest BCUT2D eigenvalue weighted by atomic mass is 35.5. The minimum Gasteiger partial charge on any atom is -0.497 e. The van der Waals surface area contributed by atoms with Gasteiger partial charge in [0, 0.05) is 23.1 Å². The Kier molecular flexibility index (Phi) is 10.6. The third kappa shape index (κ3) is 7.65. The van der Waals surface area contributed by atoms with Crippen LogP contribution in [0.15, 0.2) is 77.7 Å². The van der Waals surface area contributed by atoms with Crippen molar-refractivity contribution < 1.29 is 22.7 Å². The van der Waals surface area contributed by atoms with E-state index in [0.717, 1.165) is 9.87 Å². The largest absolute Gasteiger partial charge is 0.497 e. The third-order valence-corrected chi connectivity index (χ3v) is 8.30. The lowest BCUT2D eigenvalue weighted by Gasteiger charge is -2.33. The topological polar surface area (TPSA) is 96.0 Å². The number of nitrogens with one attached hydrogen (secondary N) is 1. The number of carbonyl (C=O) groups excluding carboxylic acids is 2. The van der Waals surface area contributed by atoms with E-state index in [1.165, 1.54) is 42.3 Å². The van der Waals surface area contributed by atoms with E-state index in [1.54, 1.807) is 56.3 Å². The number of carbonyl (C=O) groups is 2. The van der Waals surface area contributed by atoms with Crippen molar-refractivity contribution in [2.45, 2.75) is 37.8 Å². The molecule has 1 atom stereocenters. The molecule has 0 heterocycles. The molecule has 39 heavy (non-hydrogen) atoms. The Morgan fingerprint density at radius 3 is 2.18 bits per heavy atom. The minimum absolute atomic E-state index is 0.0314. The zero-order valence-corrected chi connectivity index (χ0v) is 24.3. The molecule has 0 radical (unpaired) electrons. The van der Waals surface area contributed by atoms with Gasteiger partial charge >= 0.3 is 0 Å². The number of likely N-dealkylation sites (N-methyl/N-ethyl adjacent to an activating group) is 1. The summed E-state index contributed by atoms with van der Waals surface area (Å²) in [7, 11) is -2.73. The van der Waals surface area contributed by atoms with E-state index in [2.05, 4.69) is 5.32 Å². The quantitative estimate of drug-likeness (QED) is 0.314. The van der Waals surface area contributed by atoms with Crippen molar-refractivity contribution in [3.8, 4) is 5.75 Å². The zero-order valence-electron chi connectivity index (χ0n) is 21.9. The molecular weight excluding hydrogens is 561 g/mol. The van der Waals surface area contributed by atoms with Gasteiger partial charge in [0.05, 0.1) is 17.7 Å². The molecule has 11 heteroatoms. The average molecular weight is 593 g/mol. The van der Waals surface area contributed by atoms with Crippen molar-refractivity contribution in [1.29, 1.82) is 0 Å².